The van der Waals surface area contributed by atoms with Crippen LogP contribution in [0.15, 0.2) is 0 Å². The number of likely N-dealkylation sites (tertiary alicyclic amines) is 2. The molecule has 1 amide bonds. The maximum Gasteiger partial charge on any atom is 0.236 e. The van der Waals surface area contributed by atoms with Crippen LogP contribution < -0.4 is 5.73 Å². The first-order valence-corrected chi connectivity index (χ1v) is 5.32. The van der Waals surface area contributed by atoms with Gasteiger partial charge in [-0.3, -0.25) is 4.79 Å². The summed E-state index contributed by atoms with van der Waals surface area (Å²) in [5.74, 6) is 0.106. The minimum absolute atomic E-state index is 0.106. The van der Waals surface area contributed by atoms with Crippen molar-refractivity contribution in [2.45, 2.75) is 12.8 Å². The number of hydrogen-bond acceptors (Lipinski definition) is 3. The van der Waals surface area contributed by atoms with E-state index in [0.717, 1.165) is 13.1 Å². The van der Waals surface area contributed by atoms with Gasteiger partial charge in [0.25, 0.3) is 0 Å². The number of rotatable bonds is 1. The smallest absolute Gasteiger partial charge is 0.236 e. The molecule has 4 heteroatoms. The Morgan fingerprint density at radius 1 is 1.36 bits per heavy atom. The zero-order valence-corrected chi connectivity index (χ0v) is 8.83. The van der Waals surface area contributed by atoms with E-state index in [1.807, 2.05) is 4.90 Å². The van der Waals surface area contributed by atoms with Crippen molar-refractivity contribution in [3.8, 4) is 0 Å². The SMILES string of the molecule is CN1CCC2(CC1)CN(C(=O)CN)C2. The molecule has 2 rings (SSSR count). The van der Waals surface area contributed by atoms with Gasteiger partial charge in [-0.15, -0.1) is 0 Å². The maximum absolute atomic E-state index is 11.3. The monoisotopic (exact) mass is 197 g/mol. The Morgan fingerprint density at radius 3 is 2.43 bits per heavy atom. The summed E-state index contributed by atoms with van der Waals surface area (Å²) >= 11 is 0. The molecule has 2 fully saturated rings. The van der Waals surface area contributed by atoms with E-state index in [-0.39, 0.29) is 12.5 Å². The highest BCUT2D eigenvalue weighted by Gasteiger charge is 2.45. The number of nitrogens with zero attached hydrogens (tertiary/aromatic N) is 2. The number of carbonyl (C=O) groups excluding carboxylic acids is 1. The molecule has 0 aromatic rings. The van der Waals surface area contributed by atoms with Gasteiger partial charge in [0.1, 0.15) is 0 Å². The van der Waals surface area contributed by atoms with E-state index >= 15 is 0 Å². The highest BCUT2D eigenvalue weighted by molar-refractivity contribution is 5.79. The van der Waals surface area contributed by atoms with Crippen LogP contribution in [0.3, 0.4) is 0 Å². The average Bonchev–Trinajstić information content (AvgIpc) is 2.15. The van der Waals surface area contributed by atoms with E-state index in [1.54, 1.807) is 0 Å². The first-order valence-electron chi connectivity index (χ1n) is 5.32. The Bertz CT molecular complexity index is 226. The molecule has 0 atom stereocenters. The Morgan fingerprint density at radius 2 is 1.93 bits per heavy atom. The van der Waals surface area contributed by atoms with E-state index in [2.05, 4.69) is 11.9 Å². The predicted molar refractivity (Wildman–Crippen MR) is 54.8 cm³/mol. The van der Waals surface area contributed by atoms with Crippen LogP contribution in [0.2, 0.25) is 0 Å². The molecule has 0 bridgehead atoms. The number of amides is 1. The molecule has 0 aliphatic carbocycles. The first-order chi connectivity index (χ1) is 6.65. The van der Waals surface area contributed by atoms with E-state index in [4.69, 9.17) is 5.73 Å². The Hall–Kier alpha value is -0.610. The first kappa shape index (κ1) is 9.93. The minimum atomic E-state index is 0.106. The van der Waals surface area contributed by atoms with Crippen LogP contribution in [0.25, 0.3) is 0 Å². The van der Waals surface area contributed by atoms with Gasteiger partial charge in [0.05, 0.1) is 6.54 Å². The topological polar surface area (TPSA) is 49.6 Å². The molecule has 0 unspecified atom stereocenters. The summed E-state index contributed by atoms with van der Waals surface area (Å²) in [6.45, 7) is 4.39. The number of carbonyl (C=O) groups is 1. The van der Waals surface area contributed by atoms with Gasteiger partial charge in [-0.2, -0.15) is 0 Å². The second-order valence-corrected chi connectivity index (χ2v) is 4.76. The van der Waals surface area contributed by atoms with E-state index in [0.29, 0.717) is 5.41 Å². The lowest BCUT2D eigenvalue weighted by Gasteiger charge is -2.53. The van der Waals surface area contributed by atoms with Crippen LogP contribution in [-0.2, 0) is 4.79 Å². The third-order valence-electron chi connectivity index (χ3n) is 3.63. The summed E-state index contributed by atoms with van der Waals surface area (Å²) in [7, 11) is 2.16. The zero-order chi connectivity index (χ0) is 10.2. The van der Waals surface area contributed by atoms with Gasteiger partial charge >= 0.3 is 0 Å². The fraction of sp³-hybridized carbons (Fsp3) is 0.900. The van der Waals surface area contributed by atoms with Gasteiger partial charge in [-0.25, -0.2) is 0 Å². The average molecular weight is 197 g/mol. The van der Waals surface area contributed by atoms with Crippen molar-refractivity contribution in [3.63, 3.8) is 0 Å². The van der Waals surface area contributed by atoms with Gasteiger partial charge in [-0.05, 0) is 33.0 Å². The van der Waals surface area contributed by atoms with Crippen LogP contribution in [-0.4, -0.2) is 55.5 Å². The number of piperidine rings is 1. The molecular formula is C10H19N3O. The molecule has 2 saturated heterocycles. The summed E-state index contributed by atoms with van der Waals surface area (Å²) in [6.07, 6.45) is 2.47. The van der Waals surface area contributed by atoms with Crippen molar-refractivity contribution in [1.29, 1.82) is 0 Å². The molecule has 0 saturated carbocycles. The van der Waals surface area contributed by atoms with Crippen LogP contribution in [0.1, 0.15) is 12.8 Å². The normalized spacial score (nSPS) is 26.3. The highest BCUT2D eigenvalue weighted by Crippen LogP contribution is 2.39. The van der Waals surface area contributed by atoms with Crippen LogP contribution >= 0.6 is 0 Å². The van der Waals surface area contributed by atoms with Gasteiger partial charge in [0.2, 0.25) is 5.91 Å². The molecule has 2 N–H and O–H groups in total. The van der Waals surface area contributed by atoms with Gasteiger partial charge in [0, 0.05) is 18.5 Å². The molecule has 80 valence electrons. The Kier molecular flexibility index (Phi) is 2.49. The Balaban J connectivity index is 1.83. The second-order valence-electron chi connectivity index (χ2n) is 4.76. The van der Waals surface area contributed by atoms with Crippen molar-refractivity contribution in [2.24, 2.45) is 11.1 Å². The molecular weight excluding hydrogens is 178 g/mol. The lowest BCUT2D eigenvalue weighted by Crippen LogP contribution is -2.62. The van der Waals surface area contributed by atoms with Crippen molar-refractivity contribution < 1.29 is 4.79 Å². The quantitative estimate of drug-likeness (QED) is 0.616. The van der Waals surface area contributed by atoms with Crippen LogP contribution in [0.5, 0.6) is 0 Å². The molecule has 2 heterocycles. The highest BCUT2D eigenvalue weighted by atomic mass is 16.2. The van der Waals surface area contributed by atoms with Crippen molar-refractivity contribution in [2.75, 3.05) is 39.8 Å². The summed E-state index contributed by atoms with van der Waals surface area (Å²) in [6, 6.07) is 0. The minimum Gasteiger partial charge on any atom is -0.340 e. The molecule has 14 heavy (non-hydrogen) atoms. The second kappa shape index (κ2) is 3.51. The lowest BCUT2D eigenvalue weighted by molar-refractivity contribution is -0.144. The summed E-state index contributed by atoms with van der Waals surface area (Å²) < 4.78 is 0. The van der Waals surface area contributed by atoms with Crippen LogP contribution in [0, 0.1) is 5.41 Å². The number of hydrogen-bond donors (Lipinski definition) is 1. The predicted octanol–water partition coefficient (Wildman–Crippen LogP) is -0.501. The third kappa shape index (κ3) is 1.64. The fourth-order valence-corrected chi connectivity index (χ4v) is 2.48. The molecule has 0 radical (unpaired) electrons. The number of nitrogens with two attached hydrogens (primary N) is 1. The van der Waals surface area contributed by atoms with E-state index < -0.39 is 0 Å². The molecule has 0 aromatic carbocycles. The van der Waals surface area contributed by atoms with Crippen LogP contribution in [0.4, 0.5) is 0 Å². The maximum atomic E-state index is 11.3. The van der Waals surface area contributed by atoms with Gasteiger partial charge in [-0.1, -0.05) is 0 Å². The zero-order valence-electron chi connectivity index (χ0n) is 8.83. The van der Waals surface area contributed by atoms with Gasteiger partial charge < -0.3 is 15.5 Å². The largest absolute Gasteiger partial charge is 0.340 e. The van der Waals surface area contributed by atoms with E-state index in [9.17, 15) is 4.79 Å². The van der Waals surface area contributed by atoms with Crippen molar-refractivity contribution >= 4 is 5.91 Å². The Labute approximate surface area is 85.0 Å². The summed E-state index contributed by atoms with van der Waals surface area (Å²) in [5, 5.41) is 0. The van der Waals surface area contributed by atoms with E-state index in [1.165, 1.54) is 25.9 Å². The molecule has 0 aromatic heterocycles. The van der Waals surface area contributed by atoms with Crippen molar-refractivity contribution in [1.82, 2.24) is 9.80 Å². The lowest BCUT2D eigenvalue weighted by atomic mass is 9.72. The molecule has 1 spiro atoms. The third-order valence-corrected chi connectivity index (χ3v) is 3.63. The molecule has 4 nitrogen and oxygen atoms in total. The summed E-state index contributed by atoms with van der Waals surface area (Å²) in [4.78, 5) is 15.5. The van der Waals surface area contributed by atoms with Crippen molar-refractivity contribution in [3.05, 3.63) is 0 Å². The molecule has 2 aliphatic rings. The van der Waals surface area contributed by atoms with Gasteiger partial charge in [0.15, 0.2) is 0 Å². The molecule has 2 aliphatic heterocycles. The standard InChI is InChI=1S/C10H19N3O/c1-12-4-2-10(3-5-12)7-13(8-10)9(14)6-11/h2-8,11H2,1H3. The summed E-state index contributed by atoms with van der Waals surface area (Å²) in [5.41, 5.74) is 5.76. The fourth-order valence-electron chi connectivity index (χ4n) is 2.48.